The Morgan fingerprint density at radius 3 is 2.43 bits per heavy atom. The van der Waals surface area contributed by atoms with Crippen LogP contribution in [-0.4, -0.2) is 51.7 Å². The molecule has 23 heavy (non-hydrogen) atoms. The lowest BCUT2D eigenvalue weighted by Gasteiger charge is -2.42. The minimum absolute atomic E-state index is 0.179. The van der Waals surface area contributed by atoms with Gasteiger partial charge in [0, 0.05) is 0 Å². The normalized spacial score (nSPS) is 44.4. The summed E-state index contributed by atoms with van der Waals surface area (Å²) in [6.45, 7) is 4.55. The molecule has 7 nitrogen and oxygen atoms in total. The minimum Gasteiger partial charge on any atom is -0.387 e. The second-order valence-electron chi connectivity index (χ2n) is 7.84. The highest BCUT2D eigenvalue weighted by atomic mass is 32.3. The van der Waals surface area contributed by atoms with Gasteiger partial charge in [-0.2, -0.15) is 8.42 Å². The molecule has 2 fully saturated rings. The molecule has 2 unspecified atom stereocenters. The smallest absolute Gasteiger partial charge is 0.387 e. The van der Waals surface area contributed by atoms with Crippen LogP contribution < -0.4 is 0 Å². The number of rotatable bonds is 4. The second-order valence-corrected chi connectivity index (χ2v) is 8.93. The Morgan fingerprint density at radius 2 is 1.87 bits per heavy atom. The van der Waals surface area contributed by atoms with Crippen LogP contribution in [0, 0.1) is 17.8 Å². The van der Waals surface area contributed by atoms with E-state index >= 15 is 0 Å². The van der Waals surface area contributed by atoms with E-state index in [4.69, 9.17) is 4.55 Å². The molecule has 0 aromatic heterocycles. The van der Waals surface area contributed by atoms with Gasteiger partial charge in [0.15, 0.2) is 0 Å². The molecular weight excluding hydrogens is 324 g/mol. The average Bonchev–Trinajstić information content (AvgIpc) is 2.63. The summed E-state index contributed by atoms with van der Waals surface area (Å²) in [5.74, 6) is -0.331. The van der Waals surface area contributed by atoms with Crippen molar-refractivity contribution in [3.05, 3.63) is 0 Å². The van der Waals surface area contributed by atoms with Gasteiger partial charge in [-0.3, -0.25) is 4.55 Å². The van der Waals surface area contributed by atoms with Gasteiger partial charge in [-0.05, 0) is 63.7 Å². The van der Waals surface area contributed by atoms with Gasteiger partial charge in [0.1, 0.15) is 0 Å². The zero-order valence-corrected chi connectivity index (χ0v) is 14.7. The standard InChI is InChI=1S/C15H28O7S/c1-10-4-7-15(18)12(10)8-11(5-6-14(15,3)17)13(2,16)9-22-23(19,20)21/h10-12,16-18H,4-9H2,1-3H3,(H,19,20,21)/t10-,11+,12-,13?,14+,15?/m0/s1. The van der Waals surface area contributed by atoms with E-state index in [9.17, 15) is 23.7 Å². The van der Waals surface area contributed by atoms with Crippen molar-refractivity contribution in [1.29, 1.82) is 0 Å². The van der Waals surface area contributed by atoms with E-state index in [1.165, 1.54) is 6.92 Å². The predicted molar refractivity (Wildman–Crippen MR) is 82.9 cm³/mol. The number of hydrogen-bond acceptors (Lipinski definition) is 6. The summed E-state index contributed by atoms with van der Waals surface area (Å²) in [6.07, 6.45) is 2.52. The Labute approximate surface area is 137 Å². The maximum Gasteiger partial charge on any atom is 0.397 e. The first-order valence-corrected chi connectivity index (χ1v) is 9.44. The zero-order valence-electron chi connectivity index (χ0n) is 13.9. The molecule has 4 N–H and O–H groups in total. The van der Waals surface area contributed by atoms with Crippen molar-refractivity contribution < 1.29 is 32.5 Å². The summed E-state index contributed by atoms with van der Waals surface area (Å²) in [4.78, 5) is 0. The first-order valence-electron chi connectivity index (χ1n) is 8.07. The Morgan fingerprint density at radius 1 is 1.26 bits per heavy atom. The third kappa shape index (κ3) is 3.72. The van der Waals surface area contributed by atoms with Crippen LogP contribution in [0.25, 0.3) is 0 Å². The van der Waals surface area contributed by atoms with Gasteiger partial charge in [-0.1, -0.05) is 6.92 Å². The molecule has 2 saturated carbocycles. The Hall–Kier alpha value is -0.250. The summed E-state index contributed by atoms with van der Waals surface area (Å²) >= 11 is 0. The molecule has 0 aromatic rings. The molecule has 6 atom stereocenters. The average molecular weight is 352 g/mol. The third-order valence-corrected chi connectivity index (χ3v) is 6.53. The first-order chi connectivity index (χ1) is 10.3. The Kier molecular flexibility index (Phi) is 4.92. The maximum absolute atomic E-state index is 11.0. The van der Waals surface area contributed by atoms with Crippen molar-refractivity contribution in [1.82, 2.24) is 0 Å². The Balaban J connectivity index is 2.22. The van der Waals surface area contributed by atoms with Crippen LogP contribution in [0.15, 0.2) is 0 Å². The van der Waals surface area contributed by atoms with Crippen LogP contribution >= 0.6 is 0 Å². The largest absolute Gasteiger partial charge is 0.397 e. The van der Waals surface area contributed by atoms with Gasteiger partial charge in [0.2, 0.25) is 0 Å². The molecule has 0 radical (unpaired) electrons. The van der Waals surface area contributed by atoms with Crippen LogP contribution in [0.1, 0.15) is 52.9 Å². The molecule has 2 aliphatic rings. The topological polar surface area (TPSA) is 124 Å². The lowest BCUT2D eigenvalue weighted by molar-refractivity contribution is -0.163. The minimum atomic E-state index is -4.63. The van der Waals surface area contributed by atoms with Gasteiger partial charge in [-0.15, -0.1) is 0 Å². The summed E-state index contributed by atoms with van der Waals surface area (Å²) in [6, 6.07) is 0. The molecule has 0 aliphatic heterocycles. The summed E-state index contributed by atoms with van der Waals surface area (Å²) in [7, 11) is -4.63. The fourth-order valence-electron chi connectivity index (χ4n) is 4.37. The quantitative estimate of drug-likeness (QED) is 0.554. The van der Waals surface area contributed by atoms with E-state index in [2.05, 4.69) is 4.18 Å². The van der Waals surface area contributed by atoms with Crippen molar-refractivity contribution in [3.8, 4) is 0 Å². The maximum atomic E-state index is 11.0. The zero-order chi connectivity index (χ0) is 17.7. The molecule has 136 valence electrons. The van der Waals surface area contributed by atoms with Gasteiger partial charge in [0.05, 0.1) is 23.4 Å². The predicted octanol–water partition coefficient (Wildman–Crippen LogP) is 0.885. The van der Waals surface area contributed by atoms with Crippen molar-refractivity contribution in [2.45, 2.75) is 69.7 Å². The summed E-state index contributed by atoms with van der Waals surface area (Å²) < 4.78 is 34.6. The lowest BCUT2D eigenvalue weighted by Crippen LogP contribution is -2.54. The third-order valence-electron chi connectivity index (χ3n) is 6.11. The molecule has 0 aromatic carbocycles. The lowest BCUT2D eigenvalue weighted by atomic mass is 9.72. The van der Waals surface area contributed by atoms with Gasteiger partial charge in [-0.25, -0.2) is 4.18 Å². The van der Waals surface area contributed by atoms with E-state index in [1.807, 2.05) is 6.92 Å². The van der Waals surface area contributed by atoms with E-state index < -0.39 is 33.8 Å². The monoisotopic (exact) mass is 352 g/mol. The Bertz CT molecular complexity index is 542. The van der Waals surface area contributed by atoms with Gasteiger partial charge < -0.3 is 15.3 Å². The highest BCUT2D eigenvalue weighted by Gasteiger charge is 2.59. The van der Waals surface area contributed by atoms with E-state index in [1.54, 1.807) is 6.92 Å². The molecule has 2 aliphatic carbocycles. The molecule has 0 saturated heterocycles. The fourth-order valence-corrected chi connectivity index (χ4v) is 4.76. The molecule has 2 rings (SSSR count). The number of fused-ring (bicyclic) bond motifs is 1. The highest BCUT2D eigenvalue weighted by molar-refractivity contribution is 7.80. The molecular formula is C15H28O7S. The summed E-state index contributed by atoms with van der Waals surface area (Å²) in [5.41, 5.74) is -3.93. The highest BCUT2D eigenvalue weighted by Crippen LogP contribution is 2.54. The van der Waals surface area contributed by atoms with Crippen molar-refractivity contribution in [3.63, 3.8) is 0 Å². The van der Waals surface area contributed by atoms with Gasteiger partial charge in [0.25, 0.3) is 0 Å². The van der Waals surface area contributed by atoms with Crippen LogP contribution in [0.5, 0.6) is 0 Å². The van der Waals surface area contributed by atoms with E-state index in [0.29, 0.717) is 25.7 Å². The van der Waals surface area contributed by atoms with Crippen LogP contribution in [0.2, 0.25) is 0 Å². The van der Waals surface area contributed by atoms with Crippen LogP contribution in [0.4, 0.5) is 0 Å². The molecule has 0 bridgehead atoms. The molecule has 0 amide bonds. The fraction of sp³-hybridized carbons (Fsp3) is 1.00. The molecule has 0 heterocycles. The SMILES string of the molecule is C[C@H]1CCC2(O)[C@H]1C[C@H](C(C)(O)COS(=O)(=O)O)CC[C@@]2(C)O. The van der Waals surface area contributed by atoms with Crippen molar-refractivity contribution >= 4 is 10.4 Å². The van der Waals surface area contributed by atoms with Crippen LogP contribution in [0.3, 0.4) is 0 Å². The van der Waals surface area contributed by atoms with Crippen molar-refractivity contribution in [2.75, 3.05) is 6.61 Å². The van der Waals surface area contributed by atoms with Gasteiger partial charge >= 0.3 is 10.4 Å². The first kappa shape index (κ1) is 19.1. The van der Waals surface area contributed by atoms with Crippen molar-refractivity contribution in [2.24, 2.45) is 17.8 Å². The van der Waals surface area contributed by atoms with E-state index in [0.717, 1.165) is 6.42 Å². The number of aliphatic hydroxyl groups is 3. The van der Waals surface area contributed by atoms with Crippen LogP contribution in [-0.2, 0) is 14.6 Å². The summed E-state index contributed by atoms with van der Waals surface area (Å²) in [5, 5.41) is 32.4. The number of hydrogen-bond donors (Lipinski definition) is 4. The molecule has 0 spiro atoms. The second kappa shape index (κ2) is 5.93. The molecule has 8 heteroatoms. The van der Waals surface area contributed by atoms with E-state index in [-0.39, 0.29) is 17.8 Å².